The molecular weight excluding hydrogens is 304 g/mol. The van der Waals surface area contributed by atoms with Gasteiger partial charge in [0.15, 0.2) is 0 Å². The number of unbranched alkanes of at least 4 members (excludes halogenated alkanes) is 3. The van der Waals surface area contributed by atoms with Crippen molar-refractivity contribution in [1.82, 2.24) is 0 Å². The van der Waals surface area contributed by atoms with Crippen LogP contribution in [0.1, 0.15) is 35.5 Å². The Kier molecular flexibility index (Phi) is 16.6. The van der Waals surface area contributed by atoms with Gasteiger partial charge >= 0.3 is 55.6 Å². The van der Waals surface area contributed by atoms with E-state index >= 15 is 0 Å². The summed E-state index contributed by atoms with van der Waals surface area (Å²) < 4.78 is 9.69. The van der Waals surface area contributed by atoms with Crippen LogP contribution >= 0.6 is 0 Å². The van der Waals surface area contributed by atoms with Gasteiger partial charge in [-0.05, 0) is 32.6 Å². The van der Waals surface area contributed by atoms with Crippen LogP contribution in [0.3, 0.4) is 0 Å². The van der Waals surface area contributed by atoms with Crippen LogP contribution in [-0.2, 0) is 23.9 Å². The first-order valence-corrected chi connectivity index (χ1v) is 6.43. The number of carboxylic acid groups (broad SMARTS) is 1. The molecule has 6 nitrogen and oxygen atoms in total. The Morgan fingerprint density at radius 2 is 1.38 bits per heavy atom. The van der Waals surface area contributed by atoms with Crippen LogP contribution in [0.4, 0.5) is 0 Å². The maximum Gasteiger partial charge on any atom is 2.00 e. The molecule has 0 fully saturated rings. The number of hydrogen-bond acceptors (Lipinski definition) is 5. The van der Waals surface area contributed by atoms with Gasteiger partial charge in [0, 0.05) is 18.2 Å². The summed E-state index contributed by atoms with van der Waals surface area (Å²) in [5.74, 6) is -2.19. The fourth-order valence-corrected chi connectivity index (χ4v) is 1.27. The number of carboxylic acids is 1. The smallest absolute Gasteiger partial charge is 1.00 e. The third-order valence-corrected chi connectivity index (χ3v) is 2.19. The molecule has 0 aromatic carbocycles. The van der Waals surface area contributed by atoms with E-state index in [2.05, 4.69) is 0 Å². The maximum absolute atomic E-state index is 11.0. The third kappa shape index (κ3) is 17.1. The number of carbonyl (C=O) groups excluding carboxylic acids is 2. The van der Waals surface area contributed by atoms with Gasteiger partial charge < -0.3 is 17.4 Å². The molecule has 0 spiro atoms. The number of esters is 2. The minimum Gasteiger partial charge on any atom is -1.00 e. The molecule has 0 bridgehead atoms. The zero-order chi connectivity index (χ0) is 15.2. The van der Waals surface area contributed by atoms with Crippen molar-refractivity contribution in [3.05, 3.63) is 24.3 Å². The normalized spacial score (nSPS) is 10.3. The molecule has 0 heterocycles. The van der Waals surface area contributed by atoms with Gasteiger partial charge in [-0.3, -0.25) is 0 Å². The van der Waals surface area contributed by atoms with Crippen LogP contribution in [-0.4, -0.2) is 74.0 Å². The molecule has 0 aromatic heterocycles. The second-order valence-corrected chi connectivity index (χ2v) is 3.92. The minimum absolute atomic E-state index is 0. The fourth-order valence-electron chi connectivity index (χ4n) is 1.27. The summed E-state index contributed by atoms with van der Waals surface area (Å²) in [5, 5.41) is 8.29. The first-order chi connectivity index (χ1) is 9.56. The molecule has 116 valence electrons. The molecule has 0 radical (unpaired) electrons. The van der Waals surface area contributed by atoms with E-state index in [1.54, 1.807) is 13.0 Å². The molecule has 0 aliphatic rings. The predicted octanol–water partition coefficient (Wildman–Crippen LogP) is 1.69. The van der Waals surface area contributed by atoms with Crippen molar-refractivity contribution in [2.75, 3.05) is 13.2 Å². The zero-order valence-electron chi connectivity index (χ0n) is 14.2. The number of rotatable bonds is 10. The number of aliphatic carboxylic acids is 1. The van der Waals surface area contributed by atoms with Crippen LogP contribution < -0.4 is 0 Å². The Bertz CT molecular complexity index is 385. The van der Waals surface area contributed by atoms with Crippen LogP contribution in [0, 0.1) is 0 Å². The van der Waals surface area contributed by atoms with Gasteiger partial charge in [0.05, 0.1) is 13.2 Å². The van der Waals surface area contributed by atoms with Gasteiger partial charge in [-0.2, -0.15) is 0 Å². The van der Waals surface area contributed by atoms with Crippen LogP contribution in [0.5, 0.6) is 0 Å². The second-order valence-electron chi connectivity index (χ2n) is 3.92. The van der Waals surface area contributed by atoms with Gasteiger partial charge in [0.1, 0.15) is 0 Å². The molecule has 0 aliphatic carbocycles. The van der Waals surface area contributed by atoms with E-state index in [1.807, 2.05) is 0 Å². The van der Waals surface area contributed by atoms with Gasteiger partial charge in [-0.1, -0.05) is 6.08 Å². The first kappa shape index (κ1) is 22.4. The molecule has 1 N–H and O–H groups in total. The topological polar surface area (TPSA) is 89.9 Å². The van der Waals surface area contributed by atoms with E-state index < -0.39 is 11.9 Å². The average Bonchev–Trinajstić information content (AvgIpc) is 2.39. The first-order valence-electron chi connectivity index (χ1n) is 6.43. The van der Waals surface area contributed by atoms with Crippen molar-refractivity contribution in [3.8, 4) is 0 Å². The quantitative estimate of drug-likeness (QED) is 0.284. The molecule has 0 amide bonds. The van der Waals surface area contributed by atoms with Gasteiger partial charge in [-0.15, -0.1) is 0 Å². The summed E-state index contributed by atoms with van der Waals surface area (Å²) in [7, 11) is 0. The second kappa shape index (κ2) is 15.5. The maximum atomic E-state index is 11.0. The Morgan fingerprint density at radius 1 is 0.905 bits per heavy atom. The van der Waals surface area contributed by atoms with Gasteiger partial charge in [0.2, 0.25) is 0 Å². The van der Waals surface area contributed by atoms with Crippen LogP contribution in [0.15, 0.2) is 24.3 Å². The van der Waals surface area contributed by atoms with Crippen molar-refractivity contribution in [2.45, 2.75) is 32.6 Å². The fraction of sp³-hybridized carbons (Fsp3) is 0.500. The minimum atomic E-state index is -1.19. The molecule has 0 saturated heterocycles. The molecule has 0 saturated carbocycles. The number of carbonyl (C=O) groups is 3. The SMILES string of the molecule is CC=CC(=O)OCCCCCCOC(=O)/C=C\C(=O)O.[Ca+2].[H-].[H-]. The zero-order valence-corrected chi connectivity index (χ0v) is 14.5. The molecule has 21 heavy (non-hydrogen) atoms. The van der Waals surface area contributed by atoms with Crippen molar-refractivity contribution in [3.63, 3.8) is 0 Å². The van der Waals surface area contributed by atoms with Crippen molar-refractivity contribution in [2.24, 2.45) is 0 Å². The molecule has 0 rings (SSSR count). The number of ether oxygens (including phenoxy) is 2. The van der Waals surface area contributed by atoms with E-state index in [9.17, 15) is 14.4 Å². The number of allylic oxidation sites excluding steroid dienone is 1. The molecule has 0 unspecified atom stereocenters. The van der Waals surface area contributed by atoms with Crippen LogP contribution in [0.25, 0.3) is 0 Å². The summed E-state index contributed by atoms with van der Waals surface area (Å²) in [6.07, 6.45) is 7.76. The average molecular weight is 326 g/mol. The Labute approximate surface area is 157 Å². The van der Waals surface area contributed by atoms with E-state index in [4.69, 9.17) is 14.6 Å². The van der Waals surface area contributed by atoms with Crippen molar-refractivity contribution < 1.29 is 31.8 Å². The Morgan fingerprint density at radius 3 is 1.81 bits per heavy atom. The summed E-state index contributed by atoms with van der Waals surface area (Å²) >= 11 is 0. The molecule has 0 aliphatic heterocycles. The Hall–Kier alpha value is -0.850. The molecule has 7 heteroatoms. The molecule has 0 atom stereocenters. The summed E-state index contributed by atoms with van der Waals surface area (Å²) in [6.45, 7) is 2.37. The third-order valence-electron chi connectivity index (χ3n) is 2.19. The standard InChI is InChI=1S/C14H20O6.Ca.2H/c1-2-7-13(17)19-10-5-3-4-6-11-20-14(18)9-8-12(15)16;;;/h2,7-9H,3-6,10-11H2,1H3,(H,15,16);;;/q;+2;2*-1/b7-2?,9-8-;;;. The van der Waals surface area contributed by atoms with Crippen LogP contribution in [0.2, 0.25) is 0 Å². The van der Waals surface area contributed by atoms with E-state index in [0.717, 1.165) is 31.4 Å². The largest absolute Gasteiger partial charge is 2.00 e. The van der Waals surface area contributed by atoms with E-state index in [-0.39, 0.29) is 53.2 Å². The predicted molar refractivity (Wildman–Crippen MR) is 80.0 cm³/mol. The van der Waals surface area contributed by atoms with Gasteiger partial charge in [0.25, 0.3) is 0 Å². The number of hydrogen-bond donors (Lipinski definition) is 1. The molecule has 0 aromatic rings. The van der Waals surface area contributed by atoms with Crippen molar-refractivity contribution in [1.29, 1.82) is 0 Å². The van der Waals surface area contributed by atoms with E-state index in [0.29, 0.717) is 13.0 Å². The summed E-state index contributed by atoms with van der Waals surface area (Å²) in [5.41, 5.74) is 0. The summed E-state index contributed by atoms with van der Waals surface area (Å²) in [6, 6.07) is 0. The van der Waals surface area contributed by atoms with E-state index in [1.165, 1.54) is 6.08 Å². The molecular formula is C14H22CaO6. The van der Waals surface area contributed by atoms with Crippen molar-refractivity contribution >= 4 is 55.6 Å². The Balaban J connectivity index is -0.000000602. The summed E-state index contributed by atoms with van der Waals surface area (Å²) in [4.78, 5) is 32.1. The monoisotopic (exact) mass is 326 g/mol. The van der Waals surface area contributed by atoms with Gasteiger partial charge in [-0.25, -0.2) is 14.4 Å².